The molecule has 0 aliphatic rings. The molecule has 0 fully saturated rings. The molecular formula is C21H27NOS. The van der Waals surface area contributed by atoms with Gasteiger partial charge in [0.05, 0.1) is 5.41 Å². The monoisotopic (exact) mass is 341 g/mol. The molecule has 1 atom stereocenters. The van der Waals surface area contributed by atoms with Gasteiger partial charge in [-0.05, 0) is 56.6 Å². The number of rotatable bonds is 8. The fourth-order valence-corrected chi connectivity index (χ4v) is 3.62. The molecule has 1 unspecified atom stereocenters. The predicted molar refractivity (Wildman–Crippen MR) is 104 cm³/mol. The molecule has 0 N–H and O–H groups in total. The Morgan fingerprint density at radius 1 is 1.00 bits per heavy atom. The van der Waals surface area contributed by atoms with Crippen molar-refractivity contribution in [1.82, 2.24) is 4.90 Å². The van der Waals surface area contributed by atoms with E-state index in [1.165, 1.54) is 4.90 Å². The van der Waals surface area contributed by atoms with Gasteiger partial charge >= 0.3 is 0 Å². The second-order valence-electron chi connectivity index (χ2n) is 6.33. The van der Waals surface area contributed by atoms with E-state index in [0.29, 0.717) is 6.42 Å². The van der Waals surface area contributed by atoms with E-state index in [2.05, 4.69) is 61.6 Å². The van der Waals surface area contributed by atoms with Crippen molar-refractivity contribution in [2.24, 2.45) is 0 Å². The van der Waals surface area contributed by atoms with Crippen LogP contribution < -0.4 is 0 Å². The molecule has 24 heavy (non-hydrogen) atoms. The average Bonchev–Trinajstić information content (AvgIpc) is 2.63. The first-order valence-corrected chi connectivity index (χ1v) is 9.65. The number of hydrogen-bond acceptors (Lipinski definition) is 3. The third-order valence-corrected chi connectivity index (χ3v) is 5.32. The first-order valence-electron chi connectivity index (χ1n) is 8.42. The summed E-state index contributed by atoms with van der Waals surface area (Å²) in [5.41, 5.74) is 1.62. The van der Waals surface area contributed by atoms with Gasteiger partial charge in [0, 0.05) is 11.3 Å². The first-order chi connectivity index (χ1) is 11.5. The molecule has 0 aliphatic heterocycles. The zero-order valence-corrected chi connectivity index (χ0v) is 15.9. The fourth-order valence-electron chi connectivity index (χ4n) is 3.21. The summed E-state index contributed by atoms with van der Waals surface area (Å²) in [5.74, 6) is 0.285. The summed E-state index contributed by atoms with van der Waals surface area (Å²) in [6.45, 7) is 2.83. The van der Waals surface area contributed by atoms with Crippen LogP contribution >= 0.6 is 11.8 Å². The molecule has 128 valence electrons. The molecule has 0 aromatic heterocycles. The van der Waals surface area contributed by atoms with E-state index in [4.69, 9.17) is 0 Å². The van der Waals surface area contributed by atoms with Crippen LogP contribution in [0.25, 0.3) is 0 Å². The van der Waals surface area contributed by atoms with Gasteiger partial charge in [0.2, 0.25) is 0 Å². The minimum Gasteiger partial charge on any atom is -0.309 e. The Labute approximate surface area is 150 Å². The summed E-state index contributed by atoms with van der Waals surface area (Å²) in [6, 6.07) is 18.7. The highest BCUT2D eigenvalue weighted by Crippen LogP contribution is 2.38. The Morgan fingerprint density at radius 3 is 2.08 bits per heavy atom. The van der Waals surface area contributed by atoms with Gasteiger partial charge in [-0.15, -0.1) is 11.8 Å². The van der Waals surface area contributed by atoms with Crippen LogP contribution in [-0.4, -0.2) is 37.6 Å². The zero-order chi connectivity index (χ0) is 17.6. The van der Waals surface area contributed by atoms with Crippen LogP contribution in [0.2, 0.25) is 0 Å². The molecule has 0 radical (unpaired) electrons. The molecule has 2 rings (SSSR count). The Balaban J connectivity index is 2.61. The SMILES string of the molecule is CCC(=O)C(CCN(C)C)(c1ccccc1)c1ccc(SC)cc1. The maximum Gasteiger partial charge on any atom is 0.147 e. The molecule has 2 aromatic carbocycles. The van der Waals surface area contributed by atoms with Gasteiger partial charge in [0.1, 0.15) is 5.78 Å². The van der Waals surface area contributed by atoms with Crippen LogP contribution in [0.15, 0.2) is 59.5 Å². The smallest absolute Gasteiger partial charge is 0.147 e. The number of carbonyl (C=O) groups is 1. The summed E-state index contributed by atoms with van der Waals surface area (Å²) in [4.78, 5) is 16.5. The average molecular weight is 342 g/mol. The van der Waals surface area contributed by atoms with Gasteiger partial charge in [0.25, 0.3) is 0 Å². The van der Waals surface area contributed by atoms with E-state index in [9.17, 15) is 4.79 Å². The Kier molecular flexibility index (Phi) is 6.64. The quantitative estimate of drug-likeness (QED) is 0.653. The van der Waals surface area contributed by atoms with E-state index in [-0.39, 0.29) is 5.78 Å². The molecule has 0 aliphatic carbocycles. The van der Waals surface area contributed by atoms with Crippen LogP contribution in [0.4, 0.5) is 0 Å². The third kappa shape index (κ3) is 3.90. The van der Waals surface area contributed by atoms with Crippen molar-refractivity contribution in [3.63, 3.8) is 0 Å². The lowest BCUT2D eigenvalue weighted by molar-refractivity contribution is -0.123. The van der Waals surface area contributed by atoms with E-state index in [1.807, 2.05) is 25.1 Å². The van der Waals surface area contributed by atoms with Crippen molar-refractivity contribution in [1.29, 1.82) is 0 Å². The van der Waals surface area contributed by atoms with Gasteiger partial charge in [-0.25, -0.2) is 0 Å². The number of thioether (sulfide) groups is 1. The van der Waals surface area contributed by atoms with Gasteiger partial charge in [-0.1, -0.05) is 49.4 Å². The number of nitrogens with zero attached hydrogens (tertiary/aromatic N) is 1. The molecule has 0 amide bonds. The van der Waals surface area contributed by atoms with E-state index in [1.54, 1.807) is 11.8 Å². The van der Waals surface area contributed by atoms with Crippen LogP contribution in [-0.2, 0) is 10.2 Å². The summed E-state index contributed by atoms with van der Waals surface area (Å²) in [7, 11) is 4.12. The second kappa shape index (κ2) is 8.50. The molecule has 0 spiro atoms. The molecule has 0 heterocycles. The van der Waals surface area contributed by atoms with Gasteiger partial charge < -0.3 is 4.90 Å². The standard InChI is InChI=1S/C21H27NOS/c1-5-20(23)21(15-16-22(2)3,17-9-7-6-8-10-17)18-11-13-19(24-4)14-12-18/h6-14H,5,15-16H2,1-4H3. The van der Waals surface area contributed by atoms with Crippen molar-refractivity contribution >= 4 is 17.5 Å². The van der Waals surface area contributed by atoms with Gasteiger partial charge in [0.15, 0.2) is 0 Å². The highest BCUT2D eigenvalue weighted by molar-refractivity contribution is 7.98. The molecule has 2 nitrogen and oxygen atoms in total. The van der Waals surface area contributed by atoms with Crippen LogP contribution in [0, 0.1) is 0 Å². The first kappa shape index (κ1) is 18.8. The van der Waals surface area contributed by atoms with Crippen molar-refractivity contribution in [2.45, 2.75) is 30.1 Å². The van der Waals surface area contributed by atoms with Crippen molar-refractivity contribution < 1.29 is 4.79 Å². The highest BCUT2D eigenvalue weighted by atomic mass is 32.2. The molecule has 0 saturated carbocycles. The van der Waals surface area contributed by atoms with Crippen LogP contribution in [0.1, 0.15) is 30.9 Å². The lowest BCUT2D eigenvalue weighted by Gasteiger charge is -2.34. The molecule has 0 bridgehead atoms. The number of carbonyl (C=O) groups excluding carboxylic acids is 1. The zero-order valence-electron chi connectivity index (χ0n) is 15.1. The molecule has 3 heteroatoms. The fraction of sp³-hybridized carbons (Fsp3) is 0.381. The highest BCUT2D eigenvalue weighted by Gasteiger charge is 2.40. The van der Waals surface area contributed by atoms with Crippen molar-refractivity contribution in [3.05, 3.63) is 65.7 Å². The van der Waals surface area contributed by atoms with E-state index < -0.39 is 5.41 Å². The molecule has 2 aromatic rings. The van der Waals surface area contributed by atoms with Crippen molar-refractivity contribution in [3.8, 4) is 0 Å². The van der Waals surface area contributed by atoms with Gasteiger partial charge in [-0.3, -0.25) is 4.79 Å². The van der Waals surface area contributed by atoms with Crippen LogP contribution in [0.3, 0.4) is 0 Å². The lowest BCUT2D eigenvalue weighted by atomic mass is 9.68. The second-order valence-corrected chi connectivity index (χ2v) is 7.21. The lowest BCUT2D eigenvalue weighted by Crippen LogP contribution is -2.39. The number of benzene rings is 2. The third-order valence-electron chi connectivity index (χ3n) is 4.58. The van der Waals surface area contributed by atoms with E-state index in [0.717, 1.165) is 24.1 Å². The number of ketones is 1. The maximum atomic E-state index is 13.2. The number of Topliss-reactive ketones (excluding diaryl/α,β-unsaturated/α-hetero) is 1. The predicted octanol–water partition coefficient (Wildman–Crippen LogP) is 4.63. The van der Waals surface area contributed by atoms with Crippen molar-refractivity contribution in [2.75, 3.05) is 26.9 Å². The minimum absolute atomic E-state index is 0.285. The summed E-state index contributed by atoms with van der Waals surface area (Å²) >= 11 is 1.72. The maximum absolute atomic E-state index is 13.2. The largest absolute Gasteiger partial charge is 0.309 e. The normalized spacial score (nSPS) is 13.7. The van der Waals surface area contributed by atoms with Crippen LogP contribution in [0.5, 0.6) is 0 Å². The molecule has 0 saturated heterocycles. The Hall–Kier alpha value is -1.58. The number of hydrogen-bond donors (Lipinski definition) is 0. The van der Waals surface area contributed by atoms with E-state index >= 15 is 0 Å². The minimum atomic E-state index is -0.572. The molecular weight excluding hydrogens is 314 g/mol. The summed E-state index contributed by atoms with van der Waals surface area (Å²) < 4.78 is 0. The summed E-state index contributed by atoms with van der Waals surface area (Å²) in [6.07, 6.45) is 3.39. The summed E-state index contributed by atoms with van der Waals surface area (Å²) in [5, 5.41) is 0. The Morgan fingerprint density at radius 2 is 1.58 bits per heavy atom. The topological polar surface area (TPSA) is 20.3 Å². The van der Waals surface area contributed by atoms with Gasteiger partial charge in [-0.2, -0.15) is 0 Å². The Bertz CT molecular complexity index is 651.